The van der Waals surface area contributed by atoms with Crippen molar-refractivity contribution in [2.24, 2.45) is 0 Å². The number of benzene rings is 4. The fourth-order valence-corrected chi connectivity index (χ4v) is 3.90. The molecule has 0 unspecified atom stereocenters. The van der Waals surface area contributed by atoms with Crippen molar-refractivity contribution in [2.45, 2.75) is 6.54 Å². The third kappa shape index (κ3) is 5.31. The predicted molar refractivity (Wildman–Crippen MR) is 136 cm³/mol. The van der Waals surface area contributed by atoms with Crippen molar-refractivity contribution < 1.29 is 23.8 Å². The largest absolute Gasteiger partial charge is 0.483 e. The number of carbonyl (C=O) groups excluding carboxylic acids is 2. The summed E-state index contributed by atoms with van der Waals surface area (Å²) in [5.41, 5.74) is 3.54. The summed E-state index contributed by atoms with van der Waals surface area (Å²) in [6.45, 7) is 0.300. The van der Waals surface area contributed by atoms with Crippen molar-refractivity contribution in [1.29, 1.82) is 0 Å². The van der Waals surface area contributed by atoms with Gasteiger partial charge in [-0.05, 0) is 41.5 Å². The van der Waals surface area contributed by atoms with Gasteiger partial charge in [-0.25, -0.2) is 0 Å². The molecule has 7 nitrogen and oxygen atoms in total. The minimum absolute atomic E-state index is 0.194. The van der Waals surface area contributed by atoms with Crippen LogP contribution in [0.4, 0.5) is 5.69 Å². The van der Waals surface area contributed by atoms with Crippen LogP contribution in [0.2, 0.25) is 0 Å². The fourth-order valence-electron chi connectivity index (χ4n) is 3.90. The fraction of sp³-hybridized carbons (Fsp3) is 0.103. The first-order valence-corrected chi connectivity index (χ1v) is 11.5. The van der Waals surface area contributed by atoms with E-state index < -0.39 is 0 Å². The van der Waals surface area contributed by atoms with Gasteiger partial charge in [0.05, 0.1) is 11.3 Å². The van der Waals surface area contributed by atoms with Crippen molar-refractivity contribution in [1.82, 2.24) is 5.32 Å². The first-order chi connectivity index (χ1) is 17.7. The summed E-state index contributed by atoms with van der Waals surface area (Å²) < 4.78 is 16.5. The number of rotatable bonds is 8. The molecule has 7 heteroatoms. The van der Waals surface area contributed by atoms with Crippen LogP contribution in [0.5, 0.6) is 17.2 Å². The zero-order valence-electron chi connectivity index (χ0n) is 19.4. The number of hydrogen-bond donors (Lipinski definition) is 2. The Bertz CT molecular complexity index is 1390. The molecule has 0 aromatic heterocycles. The minimum atomic E-state index is -0.367. The maximum atomic E-state index is 12.9. The standard InChI is InChI=1S/C29H24N2O5/c32-28(18-34-25-13-7-5-10-22(25)21-8-2-1-3-9-21)31-24-12-6-4-11-23(24)29(33)30-17-20-14-15-26-27(16-20)36-19-35-26/h1-16H,17-19H2,(H,30,33)(H,31,32). The molecule has 5 rings (SSSR count). The highest BCUT2D eigenvalue weighted by Crippen LogP contribution is 2.32. The van der Waals surface area contributed by atoms with Crippen molar-refractivity contribution >= 4 is 17.5 Å². The molecule has 0 spiro atoms. The molecule has 4 aromatic carbocycles. The highest BCUT2D eigenvalue weighted by atomic mass is 16.7. The van der Waals surface area contributed by atoms with E-state index in [1.54, 1.807) is 24.3 Å². The number of anilines is 1. The van der Waals surface area contributed by atoms with Gasteiger partial charge in [0, 0.05) is 12.1 Å². The number of nitrogens with one attached hydrogen (secondary N) is 2. The first-order valence-electron chi connectivity index (χ1n) is 11.5. The topological polar surface area (TPSA) is 85.9 Å². The highest BCUT2D eigenvalue weighted by molar-refractivity contribution is 6.04. The van der Waals surface area contributed by atoms with Gasteiger partial charge in [-0.2, -0.15) is 0 Å². The lowest BCUT2D eigenvalue weighted by Crippen LogP contribution is -2.26. The van der Waals surface area contributed by atoms with Crippen LogP contribution in [-0.2, 0) is 11.3 Å². The molecule has 1 heterocycles. The highest BCUT2D eigenvalue weighted by Gasteiger charge is 2.16. The molecule has 0 atom stereocenters. The van der Waals surface area contributed by atoms with Crippen LogP contribution >= 0.6 is 0 Å². The van der Waals surface area contributed by atoms with Gasteiger partial charge in [0.25, 0.3) is 11.8 Å². The maximum absolute atomic E-state index is 12.9. The van der Waals surface area contributed by atoms with Crippen molar-refractivity contribution in [3.8, 4) is 28.4 Å². The van der Waals surface area contributed by atoms with Crippen LogP contribution in [-0.4, -0.2) is 25.2 Å². The second-order valence-electron chi connectivity index (χ2n) is 8.11. The van der Waals surface area contributed by atoms with Gasteiger partial charge in [0.1, 0.15) is 5.75 Å². The van der Waals surface area contributed by atoms with Crippen molar-refractivity contribution in [2.75, 3.05) is 18.7 Å². The van der Waals surface area contributed by atoms with E-state index in [9.17, 15) is 9.59 Å². The smallest absolute Gasteiger partial charge is 0.262 e. The quantitative estimate of drug-likeness (QED) is 0.370. The molecule has 0 aliphatic carbocycles. The normalized spacial score (nSPS) is 11.6. The van der Waals surface area contributed by atoms with E-state index in [0.717, 1.165) is 16.7 Å². The zero-order chi connectivity index (χ0) is 24.7. The molecule has 36 heavy (non-hydrogen) atoms. The van der Waals surface area contributed by atoms with Gasteiger partial charge in [0.15, 0.2) is 18.1 Å². The first kappa shape index (κ1) is 23.0. The second-order valence-corrected chi connectivity index (χ2v) is 8.11. The summed E-state index contributed by atoms with van der Waals surface area (Å²) in [6.07, 6.45) is 0. The van der Waals surface area contributed by atoms with E-state index >= 15 is 0 Å². The van der Waals surface area contributed by atoms with Crippen LogP contribution in [0.15, 0.2) is 97.1 Å². The Kier molecular flexibility index (Phi) is 6.80. The van der Waals surface area contributed by atoms with Gasteiger partial charge in [-0.3, -0.25) is 9.59 Å². The van der Waals surface area contributed by atoms with Gasteiger partial charge in [-0.1, -0.05) is 66.7 Å². The molecule has 0 radical (unpaired) electrons. The number of fused-ring (bicyclic) bond motifs is 1. The molecule has 4 aromatic rings. The summed E-state index contributed by atoms with van der Waals surface area (Å²) in [6, 6.07) is 29.8. The van der Waals surface area contributed by atoms with Crippen LogP contribution < -0.4 is 24.8 Å². The lowest BCUT2D eigenvalue weighted by molar-refractivity contribution is -0.118. The third-order valence-corrected chi connectivity index (χ3v) is 5.67. The number of ether oxygens (including phenoxy) is 3. The summed E-state index contributed by atoms with van der Waals surface area (Å²) >= 11 is 0. The summed E-state index contributed by atoms with van der Waals surface area (Å²) in [5.74, 6) is 1.27. The monoisotopic (exact) mass is 480 g/mol. The Labute approximate surface area is 208 Å². The Hall–Kier alpha value is -4.78. The minimum Gasteiger partial charge on any atom is -0.483 e. The average Bonchev–Trinajstić information content (AvgIpc) is 3.40. The van der Waals surface area contributed by atoms with Gasteiger partial charge in [-0.15, -0.1) is 0 Å². The molecule has 1 aliphatic rings. The summed E-state index contributed by atoms with van der Waals surface area (Å²) in [7, 11) is 0. The van der Waals surface area contributed by atoms with Gasteiger partial charge < -0.3 is 24.8 Å². The molecule has 2 N–H and O–H groups in total. The van der Waals surface area contributed by atoms with Crippen LogP contribution in [0.3, 0.4) is 0 Å². The van der Waals surface area contributed by atoms with Crippen LogP contribution in [0.1, 0.15) is 15.9 Å². The average molecular weight is 481 g/mol. The molecule has 0 bridgehead atoms. The summed E-state index contributed by atoms with van der Waals surface area (Å²) in [5, 5.41) is 5.68. The van der Waals surface area contributed by atoms with E-state index in [-0.39, 0.29) is 25.2 Å². The number of hydrogen-bond acceptors (Lipinski definition) is 5. The predicted octanol–water partition coefficient (Wildman–Crippen LogP) is 5.03. The molecule has 0 saturated carbocycles. The lowest BCUT2D eigenvalue weighted by Gasteiger charge is -2.14. The second kappa shape index (κ2) is 10.7. The van der Waals surface area contributed by atoms with E-state index in [4.69, 9.17) is 14.2 Å². The number of para-hydroxylation sites is 2. The summed E-state index contributed by atoms with van der Waals surface area (Å²) in [4.78, 5) is 25.6. The Morgan fingerprint density at radius 3 is 2.44 bits per heavy atom. The maximum Gasteiger partial charge on any atom is 0.262 e. The third-order valence-electron chi connectivity index (χ3n) is 5.67. The van der Waals surface area contributed by atoms with E-state index in [0.29, 0.717) is 35.0 Å². The Balaban J connectivity index is 1.21. The van der Waals surface area contributed by atoms with Gasteiger partial charge in [0.2, 0.25) is 6.79 Å². The number of carbonyl (C=O) groups is 2. The SMILES string of the molecule is O=C(COc1ccccc1-c1ccccc1)Nc1ccccc1C(=O)NCc1ccc2c(c1)OCO2. The molecular weight excluding hydrogens is 456 g/mol. The zero-order valence-corrected chi connectivity index (χ0v) is 19.4. The molecular formula is C29H24N2O5. The van der Waals surface area contributed by atoms with Crippen molar-refractivity contribution in [3.63, 3.8) is 0 Å². The van der Waals surface area contributed by atoms with Crippen molar-refractivity contribution in [3.05, 3.63) is 108 Å². The van der Waals surface area contributed by atoms with E-state index in [2.05, 4.69) is 10.6 Å². The van der Waals surface area contributed by atoms with Gasteiger partial charge >= 0.3 is 0 Å². The molecule has 0 saturated heterocycles. The number of amides is 2. The Morgan fingerprint density at radius 2 is 1.56 bits per heavy atom. The van der Waals surface area contributed by atoms with Crippen LogP contribution in [0.25, 0.3) is 11.1 Å². The van der Waals surface area contributed by atoms with Crippen LogP contribution in [0, 0.1) is 0 Å². The van der Waals surface area contributed by atoms with E-state index in [1.165, 1.54) is 0 Å². The molecule has 1 aliphatic heterocycles. The molecule has 2 amide bonds. The lowest BCUT2D eigenvalue weighted by atomic mass is 10.1. The molecule has 180 valence electrons. The molecule has 0 fully saturated rings. The Morgan fingerprint density at radius 1 is 0.806 bits per heavy atom. The van der Waals surface area contributed by atoms with E-state index in [1.807, 2.05) is 72.8 Å².